The highest BCUT2D eigenvalue weighted by Crippen LogP contribution is 2.33. The van der Waals surface area contributed by atoms with Crippen molar-refractivity contribution in [3.63, 3.8) is 0 Å². The van der Waals surface area contributed by atoms with E-state index in [2.05, 4.69) is 4.98 Å². The number of sulfonamides is 1. The van der Waals surface area contributed by atoms with Crippen molar-refractivity contribution in [2.75, 3.05) is 10.8 Å². The minimum atomic E-state index is -4.59. The van der Waals surface area contributed by atoms with Crippen LogP contribution in [0.1, 0.15) is 11.3 Å². The smallest absolute Gasteiger partial charge is 0.266 e. The number of hydrogen-bond acceptors (Lipinski definition) is 3. The Labute approximate surface area is 171 Å². The van der Waals surface area contributed by atoms with Gasteiger partial charge in [0, 0.05) is 29.9 Å². The first-order valence-electron chi connectivity index (χ1n) is 8.53. The summed E-state index contributed by atoms with van der Waals surface area (Å²) in [6.07, 6.45) is -2.80. The van der Waals surface area contributed by atoms with E-state index in [0.29, 0.717) is 10.7 Å². The third kappa shape index (κ3) is 5.07. The molecule has 4 nitrogen and oxygen atoms in total. The van der Waals surface area contributed by atoms with Gasteiger partial charge in [-0.3, -0.25) is 9.29 Å². The van der Waals surface area contributed by atoms with Crippen molar-refractivity contribution in [1.29, 1.82) is 0 Å². The van der Waals surface area contributed by atoms with Crippen LogP contribution in [0.4, 0.5) is 18.9 Å². The monoisotopic (exact) mass is 440 g/mol. The summed E-state index contributed by atoms with van der Waals surface area (Å²) in [6, 6.07) is 14.9. The minimum Gasteiger partial charge on any atom is -0.266 e. The van der Waals surface area contributed by atoms with Crippen molar-refractivity contribution in [2.45, 2.75) is 17.5 Å². The van der Waals surface area contributed by atoms with Crippen LogP contribution in [0, 0.1) is 0 Å². The van der Waals surface area contributed by atoms with Gasteiger partial charge in [-0.1, -0.05) is 23.7 Å². The third-order valence-electron chi connectivity index (χ3n) is 4.16. The van der Waals surface area contributed by atoms with Crippen LogP contribution >= 0.6 is 11.6 Å². The Kier molecular flexibility index (Phi) is 6.14. The average molecular weight is 441 g/mol. The summed E-state index contributed by atoms with van der Waals surface area (Å²) in [6.45, 7) is -0.0801. The molecule has 3 aromatic rings. The van der Waals surface area contributed by atoms with Gasteiger partial charge in [0.2, 0.25) is 0 Å². The number of benzene rings is 2. The maximum Gasteiger partial charge on any atom is 0.416 e. The lowest BCUT2D eigenvalue weighted by molar-refractivity contribution is -0.137. The van der Waals surface area contributed by atoms with Gasteiger partial charge in [0.15, 0.2) is 0 Å². The molecule has 0 radical (unpaired) electrons. The second kappa shape index (κ2) is 8.42. The Bertz CT molecular complexity index is 1070. The van der Waals surface area contributed by atoms with Crippen molar-refractivity contribution in [2.24, 2.45) is 0 Å². The summed E-state index contributed by atoms with van der Waals surface area (Å²) in [5.74, 6) is 0. The van der Waals surface area contributed by atoms with Gasteiger partial charge >= 0.3 is 6.18 Å². The number of rotatable bonds is 6. The molecule has 0 aliphatic carbocycles. The zero-order valence-electron chi connectivity index (χ0n) is 15.0. The molecule has 0 fully saturated rings. The lowest BCUT2D eigenvalue weighted by atomic mass is 10.2. The molecule has 2 aromatic carbocycles. The molecule has 3 rings (SSSR count). The van der Waals surface area contributed by atoms with E-state index in [1.54, 1.807) is 24.4 Å². The van der Waals surface area contributed by atoms with E-state index in [-0.39, 0.29) is 23.5 Å². The molecule has 0 saturated heterocycles. The van der Waals surface area contributed by atoms with E-state index in [1.807, 2.05) is 0 Å². The molecular weight excluding hydrogens is 425 g/mol. The van der Waals surface area contributed by atoms with E-state index >= 15 is 0 Å². The van der Waals surface area contributed by atoms with Gasteiger partial charge in [-0.2, -0.15) is 13.2 Å². The number of aromatic nitrogens is 1. The van der Waals surface area contributed by atoms with Crippen LogP contribution in [0.5, 0.6) is 0 Å². The van der Waals surface area contributed by atoms with E-state index < -0.39 is 21.8 Å². The van der Waals surface area contributed by atoms with Gasteiger partial charge in [0.25, 0.3) is 10.0 Å². The maximum atomic E-state index is 13.2. The molecule has 1 aromatic heterocycles. The molecule has 0 N–H and O–H groups in total. The molecule has 0 spiro atoms. The number of pyridine rings is 1. The van der Waals surface area contributed by atoms with Crippen LogP contribution in [0.25, 0.3) is 0 Å². The normalized spacial score (nSPS) is 12.0. The Morgan fingerprint density at radius 2 is 1.69 bits per heavy atom. The Morgan fingerprint density at radius 1 is 0.966 bits per heavy atom. The molecule has 0 saturated carbocycles. The predicted molar refractivity (Wildman–Crippen MR) is 105 cm³/mol. The highest BCUT2D eigenvalue weighted by atomic mass is 35.5. The number of anilines is 1. The van der Waals surface area contributed by atoms with Crippen LogP contribution < -0.4 is 4.31 Å². The van der Waals surface area contributed by atoms with E-state index in [1.165, 1.54) is 36.4 Å². The van der Waals surface area contributed by atoms with Gasteiger partial charge in [0.1, 0.15) is 0 Å². The Hall–Kier alpha value is -2.58. The molecule has 0 atom stereocenters. The fraction of sp³-hybridized carbons (Fsp3) is 0.150. The molecule has 152 valence electrons. The SMILES string of the molecule is O=S(=O)(c1ccc(Cl)cc1)N(CCc1ccccn1)c1cccc(C(F)(F)F)c1. The van der Waals surface area contributed by atoms with Gasteiger partial charge in [0.05, 0.1) is 16.1 Å². The fourth-order valence-corrected chi connectivity index (χ4v) is 4.30. The summed E-state index contributed by atoms with van der Waals surface area (Å²) in [5, 5.41) is 0.350. The highest BCUT2D eigenvalue weighted by molar-refractivity contribution is 7.92. The summed E-state index contributed by atoms with van der Waals surface area (Å²) >= 11 is 5.83. The van der Waals surface area contributed by atoms with Crippen LogP contribution in [-0.2, 0) is 22.6 Å². The maximum absolute atomic E-state index is 13.2. The molecule has 29 heavy (non-hydrogen) atoms. The second-order valence-corrected chi connectivity index (χ2v) is 8.45. The van der Waals surface area contributed by atoms with E-state index in [9.17, 15) is 21.6 Å². The zero-order chi connectivity index (χ0) is 21.1. The molecule has 0 unspecified atom stereocenters. The first-order valence-corrected chi connectivity index (χ1v) is 10.4. The van der Waals surface area contributed by atoms with Crippen molar-refractivity contribution in [1.82, 2.24) is 4.98 Å². The largest absolute Gasteiger partial charge is 0.416 e. The third-order valence-corrected chi connectivity index (χ3v) is 6.25. The van der Waals surface area contributed by atoms with Crippen molar-refractivity contribution < 1.29 is 21.6 Å². The van der Waals surface area contributed by atoms with Gasteiger partial charge in [-0.25, -0.2) is 8.42 Å². The topological polar surface area (TPSA) is 50.3 Å². The molecule has 0 aliphatic heterocycles. The number of alkyl halides is 3. The molecule has 0 amide bonds. The first-order chi connectivity index (χ1) is 13.7. The number of nitrogens with zero attached hydrogens (tertiary/aromatic N) is 2. The van der Waals surface area contributed by atoms with Gasteiger partial charge in [-0.05, 0) is 54.6 Å². The second-order valence-electron chi connectivity index (χ2n) is 6.15. The lowest BCUT2D eigenvalue weighted by Gasteiger charge is -2.25. The van der Waals surface area contributed by atoms with Crippen LogP contribution in [0.3, 0.4) is 0 Å². The van der Waals surface area contributed by atoms with Crippen LogP contribution in [0.15, 0.2) is 77.8 Å². The summed E-state index contributed by atoms with van der Waals surface area (Å²) in [5.41, 5.74) is -0.384. The summed E-state index contributed by atoms with van der Waals surface area (Å²) in [7, 11) is -4.12. The van der Waals surface area contributed by atoms with Crippen molar-refractivity contribution in [3.05, 3.63) is 89.2 Å². The van der Waals surface area contributed by atoms with Crippen molar-refractivity contribution >= 4 is 27.3 Å². The van der Waals surface area contributed by atoms with E-state index in [0.717, 1.165) is 16.4 Å². The van der Waals surface area contributed by atoms with E-state index in [4.69, 9.17) is 11.6 Å². The summed E-state index contributed by atoms with van der Waals surface area (Å²) < 4.78 is 66.8. The Morgan fingerprint density at radius 3 is 2.31 bits per heavy atom. The predicted octanol–water partition coefficient (Wildman–Crippen LogP) is 5.19. The van der Waals surface area contributed by atoms with Crippen LogP contribution in [0.2, 0.25) is 5.02 Å². The first kappa shape index (κ1) is 21.1. The Balaban J connectivity index is 2.03. The van der Waals surface area contributed by atoms with Gasteiger partial charge < -0.3 is 0 Å². The van der Waals surface area contributed by atoms with Crippen molar-refractivity contribution in [3.8, 4) is 0 Å². The number of hydrogen-bond donors (Lipinski definition) is 0. The standard InChI is InChI=1S/C20H16ClF3N2O2S/c21-16-7-9-19(10-8-16)29(27,28)26(13-11-17-5-1-2-12-25-17)18-6-3-4-15(14-18)20(22,23)24/h1-10,12,14H,11,13H2. The minimum absolute atomic E-state index is 0.0691. The molecule has 9 heteroatoms. The quantitative estimate of drug-likeness (QED) is 0.530. The van der Waals surface area contributed by atoms with Crippen LogP contribution in [-0.4, -0.2) is 19.9 Å². The molecule has 0 bridgehead atoms. The zero-order valence-corrected chi connectivity index (χ0v) is 16.5. The average Bonchev–Trinajstić information content (AvgIpc) is 2.69. The van der Waals surface area contributed by atoms with Gasteiger partial charge in [-0.15, -0.1) is 0 Å². The highest BCUT2D eigenvalue weighted by Gasteiger charge is 2.32. The molecular formula is C20H16ClF3N2O2S. The fourth-order valence-electron chi connectivity index (χ4n) is 2.72. The number of halogens is 4. The molecule has 1 heterocycles. The molecule has 0 aliphatic rings. The summed E-state index contributed by atoms with van der Waals surface area (Å²) in [4.78, 5) is 4.08. The lowest BCUT2D eigenvalue weighted by Crippen LogP contribution is -2.33.